The van der Waals surface area contributed by atoms with Crippen LogP contribution in [0.4, 0.5) is 18.7 Å². The predicted molar refractivity (Wildman–Crippen MR) is 90.3 cm³/mol. The number of halogens is 2. The first kappa shape index (κ1) is 17.1. The lowest BCUT2D eigenvalue weighted by Crippen LogP contribution is -2.54. The molecule has 4 rings (SSSR count). The van der Waals surface area contributed by atoms with Gasteiger partial charge in [0.1, 0.15) is 18.1 Å². The minimum atomic E-state index is -2.62. The van der Waals surface area contributed by atoms with E-state index in [1.54, 1.807) is 13.8 Å². The molecule has 0 spiro atoms. The van der Waals surface area contributed by atoms with E-state index in [0.29, 0.717) is 30.9 Å². The van der Waals surface area contributed by atoms with Gasteiger partial charge < -0.3 is 9.64 Å². The Balaban J connectivity index is 1.39. The Morgan fingerprint density at radius 2 is 2.08 bits per heavy atom. The average molecular weight is 381 g/mol. The van der Waals surface area contributed by atoms with E-state index in [9.17, 15) is 13.6 Å². The van der Waals surface area contributed by atoms with Crippen molar-refractivity contribution in [3.63, 3.8) is 0 Å². The smallest absolute Gasteiger partial charge is 0.410 e. The van der Waals surface area contributed by atoms with Crippen LogP contribution in [0.3, 0.4) is 0 Å². The monoisotopic (exact) mass is 381 g/mol. The quantitative estimate of drug-likeness (QED) is 0.814. The molecular formula is C16H17F2N5O2S. The molecule has 1 saturated heterocycles. The first-order chi connectivity index (χ1) is 12.4. The Labute approximate surface area is 152 Å². The van der Waals surface area contributed by atoms with E-state index >= 15 is 0 Å². The second kappa shape index (κ2) is 6.42. The molecule has 1 amide bonds. The van der Waals surface area contributed by atoms with E-state index in [4.69, 9.17) is 4.74 Å². The van der Waals surface area contributed by atoms with Gasteiger partial charge in [0.05, 0.1) is 31.9 Å². The summed E-state index contributed by atoms with van der Waals surface area (Å²) < 4.78 is 35.7. The van der Waals surface area contributed by atoms with Crippen LogP contribution in [0, 0.1) is 13.8 Å². The first-order valence-corrected chi connectivity index (χ1v) is 8.95. The van der Waals surface area contributed by atoms with Crippen LogP contribution < -0.4 is 4.90 Å². The third-order valence-corrected chi connectivity index (χ3v) is 5.62. The van der Waals surface area contributed by atoms with E-state index in [1.165, 1.54) is 22.8 Å². The lowest BCUT2D eigenvalue weighted by atomic mass is 10.0. The van der Waals surface area contributed by atoms with E-state index in [2.05, 4.69) is 14.3 Å². The highest BCUT2D eigenvalue weighted by molar-refractivity contribution is 7.09. The number of amides is 1. The highest BCUT2D eigenvalue weighted by atomic mass is 32.1. The summed E-state index contributed by atoms with van der Waals surface area (Å²) in [4.78, 5) is 24.1. The molecule has 10 heteroatoms. The van der Waals surface area contributed by atoms with Crippen molar-refractivity contribution < 1.29 is 18.3 Å². The minimum absolute atomic E-state index is 0.196. The van der Waals surface area contributed by atoms with Crippen molar-refractivity contribution in [2.45, 2.75) is 39.5 Å². The molecule has 4 heterocycles. The molecule has 0 aromatic carbocycles. The summed E-state index contributed by atoms with van der Waals surface area (Å²) in [6.07, 6.45) is -1.78. The van der Waals surface area contributed by atoms with E-state index in [1.807, 2.05) is 4.90 Å². The molecular weight excluding hydrogens is 364 g/mol. The number of pyridine rings is 1. The summed E-state index contributed by atoms with van der Waals surface area (Å²) >= 11 is 1.30. The lowest BCUT2D eigenvalue weighted by Gasteiger charge is -2.38. The number of alkyl halides is 2. The molecule has 26 heavy (non-hydrogen) atoms. The Hall–Kier alpha value is -2.36. The summed E-state index contributed by atoms with van der Waals surface area (Å²) in [5.74, 6) is 0. The van der Waals surface area contributed by atoms with E-state index < -0.39 is 12.5 Å². The minimum Gasteiger partial charge on any atom is -0.442 e. The maximum absolute atomic E-state index is 13.1. The van der Waals surface area contributed by atoms with Crippen molar-refractivity contribution in [2.75, 3.05) is 18.0 Å². The van der Waals surface area contributed by atoms with Crippen LogP contribution in [0.2, 0.25) is 0 Å². The van der Waals surface area contributed by atoms with E-state index in [-0.39, 0.29) is 18.3 Å². The van der Waals surface area contributed by atoms with Crippen LogP contribution in [0.15, 0.2) is 6.33 Å². The SMILES string of the molecule is Cc1c(C(F)F)nc2c(c1C)CN(C(=O)OC1CN(c3ncns3)C1)C2. The molecule has 0 atom stereocenters. The fourth-order valence-corrected chi connectivity index (χ4v) is 3.78. The third-order valence-electron chi connectivity index (χ3n) is 4.89. The fraction of sp³-hybridized carbons (Fsp3) is 0.500. The van der Waals surface area contributed by atoms with Crippen molar-refractivity contribution in [1.29, 1.82) is 0 Å². The van der Waals surface area contributed by atoms with Gasteiger partial charge in [-0.05, 0) is 30.5 Å². The zero-order chi connectivity index (χ0) is 18.4. The number of carbonyl (C=O) groups is 1. The summed E-state index contributed by atoms with van der Waals surface area (Å²) in [7, 11) is 0. The summed E-state index contributed by atoms with van der Waals surface area (Å²) in [5, 5.41) is 0.806. The number of carbonyl (C=O) groups excluding carboxylic acids is 1. The van der Waals surface area contributed by atoms with Crippen molar-refractivity contribution in [3.05, 3.63) is 34.4 Å². The molecule has 0 bridgehead atoms. The topological polar surface area (TPSA) is 71.5 Å². The van der Waals surface area contributed by atoms with Gasteiger partial charge in [0.25, 0.3) is 6.43 Å². The van der Waals surface area contributed by atoms with E-state index in [0.717, 1.165) is 16.3 Å². The first-order valence-electron chi connectivity index (χ1n) is 8.18. The number of fused-ring (bicyclic) bond motifs is 1. The third kappa shape index (κ3) is 2.87. The zero-order valence-electron chi connectivity index (χ0n) is 14.3. The molecule has 7 nitrogen and oxygen atoms in total. The van der Waals surface area contributed by atoms with Gasteiger partial charge in [0.2, 0.25) is 5.13 Å². The molecule has 1 fully saturated rings. The van der Waals surface area contributed by atoms with Gasteiger partial charge in [-0.25, -0.2) is 23.5 Å². The zero-order valence-corrected chi connectivity index (χ0v) is 15.1. The van der Waals surface area contributed by atoms with Gasteiger partial charge in [-0.3, -0.25) is 4.90 Å². The van der Waals surface area contributed by atoms with Gasteiger partial charge in [0, 0.05) is 11.5 Å². The second-order valence-corrected chi connectivity index (χ2v) is 7.22. The highest BCUT2D eigenvalue weighted by Crippen LogP contribution is 2.32. The van der Waals surface area contributed by atoms with Crippen molar-refractivity contribution in [1.82, 2.24) is 19.2 Å². The number of ether oxygens (including phenoxy) is 1. The molecule has 2 aromatic heterocycles. The average Bonchev–Trinajstić information content (AvgIpc) is 3.22. The highest BCUT2D eigenvalue weighted by Gasteiger charge is 2.35. The van der Waals surface area contributed by atoms with Crippen LogP contribution in [0.1, 0.15) is 34.5 Å². The van der Waals surface area contributed by atoms with Crippen LogP contribution in [0.5, 0.6) is 0 Å². The number of aromatic nitrogens is 3. The van der Waals surface area contributed by atoms with Gasteiger partial charge in [-0.2, -0.15) is 4.37 Å². The Morgan fingerprint density at radius 1 is 1.31 bits per heavy atom. The molecule has 0 aliphatic carbocycles. The van der Waals surface area contributed by atoms with Crippen LogP contribution >= 0.6 is 11.5 Å². The lowest BCUT2D eigenvalue weighted by molar-refractivity contribution is 0.0490. The number of hydrogen-bond acceptors (Lipinski definition) is 7. The van der Waals surface area contributed by atoms with Gasteiger partial charge >= 0.3 is 6.09 Å². The number of nitrogens with zero attached hydrogens (tertiary/aromatic N) is 5. The maximum Gasteiger partial charge on any atom is 0.410 e. The molecule has 0 radical (unpaired) electrons. The molecule has 138 valence electrons. The fourth-order valence-electron chi connectivity index (χ4n) is 3.23. The maximum atomic E-state index is 13.1. The largest absolute Gasteiger partial charge is 0.442 e. The second-order valence-electron chi connectivity index (χ2n) is 6.46. The van der Waals surface area contributed by atoms with Crippen molar-refractivity contribution in [2.24, 2.45) is 0 Å². The molecule has 0 saturated carbocycles. The normalized spacial score (nSPS) is 16.8. The number of hydrogen-bond donors (Lipinski definition) is 0. The summed E-state index contributed by atoms with van der Waals surface area (Å²) in [5.41, 5.74) is 2.42. The summed E-state index contributed by atoms with van der Waals surface area (Å²) in [6.45, 7) is 5.12. The Morgan fingerprint density at radius 3 is 2.73 bits per heavy atom. The Bertz CT molecular complexity index is 840. The standard InChI is InChI=1S/C16H17F2N5O2S/c1-8-9(2)13(14(17)18)21-12-6-23(5-11(8)12)16(24)25-10-3-22(4-10)15-19-7-20-26-15/h7,10,14H,3-6H2,1-2H3. The number of anilines is 1. The van der Waals surface area contributed by atoms with Crippen LogP contribution in [-0.2, 0) is 17.8 Å². The molecule has 0 unspecified atom stereocenters. The number of rotatable bonds is 3. The predicted octanol–water partition coefficient (Wildman–Crippen LogP) is 2.83. The van der Waals surface area contributed by atoms with Crippen molar-refractivity contribution in [3.8, 4) is 0 Å². The molecule has 2 aliphatic heterocycles. The molecule has 2 aromatic rings. The van der Waals surface area contributed by atoms with Gasteiger partial charge in [-0.15, -0.1) is 0 Å². The molecule has 0 N–H and O–H groups in total. The summed E-state index contributed by atoms with van der Waals surface area (Å²) in [6, 6.07) is 0. The van der Waals surface area contributed by atoms with Crippen LogP contribution in [-0.4, -0.2) is 44.5 Å². The van der Waals surface area contributed by atoms with Gasteiger partial charge in [0.15, 0.2) is 0 Å². The molecule has 2 aliphatic rings. The van der Waals surface area contributed by atoms with Crippen LogP contribution in [0.25, 0.3) is 0 Å². The Kier molecular flexibility index (Phi) is 4.22. The van der Waals surface area contributed by atoms with Crippen molar-refractivity contribution >= 4 is 22.8 Å². The van der Waals surface area contributed by atoms with Gasteiger partial charge in [-0.1, -0.05) is 0 Å².